The van der Waals surface area contributed by atoms with Crippen LogP contribution in [-0.4, -0.2) is 25.4 Å². The zero-order valence-electron chi connectivity index (χ0n) is 9.96. The molecule has 0 radical (unpaired) electrons. The number of anilines is 2. The van der Waals surface area contributed by atoms with Crippen molar-refractivity contribution >= 4 is 21.7 Å². The van der Waals surface area contributed by atoms with Gasteiger partial charge in [0.15, 0.2) is 0 Å². The van der Waals surface area contributed by atoms with Gasteiger partial charge in [0.25, 0.3) is 10.0 Å². The maximum absolute atomic E-state index is 12.7. The van der Waals surface area contributed by atoms with E-state index in [-0.39, 0.29) is 16.5 Å². The van der Waals surface area contributed by atoms with Crippen LogP contribution in [0.2, 0.25) is 0 Å². The minimum absolute atomic E-state index is 0.0105. The minimum Gasteiger partial charge on any atom is -0.372 e. The summed E-state index contributed by atoms with van der Waals surface area (Å²) < 4.78 is 39.2. The Labute approximate surface area is 109 Å². The Kier molecular flexibility index (Phi) is 3.61. The van der Waals surface area contributed by atoms with E-state index in [0.717, 1.165) is 12.3 Å². The quantitative estimate of drug-likeness (QED) is 0.887. The molecule has 2 aromatic rings. The summed E-state index contributed by atoms with van der Waals surface area (Å²) in [5.41, 5.74) is 0. The van der Waals surface area contributed by atoms with Gasteiger partial charge in [-0.05, 0) is 24.3 Å². The van der Waals surface area contributed by atoms with Crippen molar-refractivity contribution in [2.75, 3.05) is 17.1 Å². The molecule has 2 rings (SSSR count). The van der Waals surface area contributed by atoms with Crippen LogP contribution in [-0.2, 0) is 10.0 Å². The maximum atomic E-state index is 12.7. The second-order valence-electron chi connectivity index (χ2n) is 3.57. The second kappa shape index (κ2) is 5.19. The molecule has 0 unspecified atom stereocenters. The maximum Gasteiger partial charge on any atom is 0.266 e. The molecule has 0 amide bonds. The van der Waals surface area contributed by atoms with Gasteiger partial charge in [-0.25, -0.2) is 22.8 Å². The van der Waals surface area contributed by atoms with E-state index in [1.165, 1.54) is 24.4 Å². The fraction of sp³-hybridized carbons (Fsp3) is 0.0909. The monoisotopic (exact) mass is 282 g/mol. The molecule has 0 spiro atoms. The highest BCUT2D eigenvalue weighted by Crippen LogP contribution is 2.20. The SMILES string of the molecule is CNc1ncccc1S(=O)(=O)Nc1ccc(F)cn1. The summed E-state index contributed by atoms with van der Waals surface area (Å²) in [5.74, 6) is -0.287. The lowest BCUT2D eigenvalue weighted by Gasteiger charge is -2.10. The van der Waals surface area contributed by atoms with Crippen molar-refractivity contribution < 1.29 is 12.8 Å². The molecule has 19 heavy (non-hydrogen) atoms. The lowest BCUT2D eigenvalue weighted by Crippen LogP contribution is -2.16. The first-order valence-electron chi connectivity index (χ1n) is 5.30. The average molecular weight is 282 g/mol. The number of pyridine rings is 2. The number of aromatic nitrogens is 2. The molecule has 0 aliphatic heterocycles. The minimum atomic E-state index is -3.83. The first kappa shape index (κ1) is 13.2. The van der Waals surface area contributed by atoms with E-state index in [0.29, 0.717) is 0 Å². The third-order valence-electron chi connectivity index (χ3n) is 2.26. The van der Waals surface area contributed by atoms with Gasteiger partial charge in [-0.3, -0.25) is 4.72 Å². The molecule has 0 atom stereocenters. The topological polar surface area (TPSA) is 84.0 Å². The van der Waals surface area contributed by atoms with Crippen molar-refractivity contribution in [2.45, 2.75) is 4.90 Å². The molecule has 0 aliphatic carbocycles. The molecular weight excluding hydrogens is 271 g/mol. The summed E-state index contributed by atoms with van der Waals surface area (Å²) in [6.07, 6.45) is 2.40. The highest BCUT2D eigenvalue weighted by Gasteiger charge is 2.19. The molecule has 6 nitrogen and oxygen atoms in total. The van der Waals surface area contributed by atoms with Crippen molar-refractivity contribution in [3.8, 4) is 0 Å². The average Bonchev–Trinajstić information content (AvgIpc) is 2.41. The van der Waals surface area contributed by atoms with Crippen LogP contribution in [0.15, 0.2) is 41.6 Å². The summed E-state index contributed by atoms with van der Waals surface area (Å²) in [6.45, 7) is 0. The Balaban J connectivity index is 2.35. The number of rotatable bonds is 4. The number of nitrogens with one attached hydrogen (secondary N) is 2. The van der Waals surface area contributed by atoms with Gasteiger partial charge in [0.2, 0.25) is 0 Å². The van der Waals surface area contributed by atoms with Gasteiger partial charge in [0.1, 0.15) is 22.3 Å². The van der Waals surface area contributed by atoms with E-state index in [2.05, 4.69) is 20.0 Å². The van der Waals surface area contributed by atoms with E-state index >= 15 is 0 Å². The zero-order chi connectivity index (χ0) is 13.9. The first-order chi connectivity index (χ1) is 9.03. The molecule has 0 fully saturated rings. The first-order valence-corrected chi connectivity index (χ1v) is 6.78. The van der Waals surface area contributed by atoms with Crippen molar-refractivity contribution in [3.63, 3.8) is 0 Å². The lowest BCUT2D eigenvalue weighted by atomic mass is 10.4. The molecule has 2 N–H and O–H groups in total. The van der Waals surface area contributed by atoms with Gasteiger partial charge in [0, 0.05) is 13.2 Å². The van der Waals surface area contributed by atoms with Crippen LogP contribution in [0.3, 0.4) is 0 Å². The highest BCUT2D eigenvalue weighted by atomic mass is 32.2. The molecule has 2 aromatic heterocycles. The van der Waals surface area contributed by atoms with Crippen molar-refractivity contribution in [1.29, 1.82) is 0 Å². The lowest BCUT2D eigenvalue weighted by molar-refractivity contribution is 0.600. The van der Waals surface area contributed by atoms with Crippen LogP contribution < -0.4 is 10.0 Å². The standard InChI is InChI=1S/C11H11FN4O2S/c1-13-11-9(3-2-6-14-11)19(17,18)16-10-5-4-8(12)7-15-10/h2-7H,1H3,(H,13,14)(H,15,16). The number of halogens is 1. The molecule has 2 heterocycles. The molecule has 0 saturated carbocycles. The predicted molar refractivity (Wildman–Crippen MR) is 68.8 cm³/mol. The van der Waals surface area contributed by atoms with Crippen molar-refractivity contribution in [2.24, 2.45) is 0 Å². The van der Waals surface area contributed by atoms with Crippen LogP contribution in [0.4, 0.5) is 16.0 Å². The van der Waals surface area contributed by atoms with Gasteiger partial charge in [-0.15, -0.1) is 0 Å². The van der Waals surface area contributed by atoms with E-state index < -0.39 is 15.8 Å². The molecule has 0 aliphatic rings. The largest absolute Gasteiger partial charge is 0.372 e. The molecular formula is C11H11FN4O2S. The Morgan fingerprint density at radius 3 is 2.63 bits per heavy atom. The van der Waals surface area contributed by atoms with E-state index in [1.807, 2.05) is 0 Å². The number of nitrogens with zero attached hydrogens (tertiary/aromatic N) is 2. The smallest absolute Gasteiger partial charge is 0.266 e. The van der Waals surface area contributed by atoms with E-state index in [1.54, 1.807) is 7.05 Å². The molecule has 8 heteroatoms. The molecule has 100 valence electrons. The zero-order valence-corrected chi connectivity index (χ0v) is 10.8. The van der Waals surface area contributed by atoms with E-state index in [9.17, 15) is 12.8 Å². The summed E-state index contributed by atoms with van der Waals surface area (Å²) in [6, 6.07) is 5.27. The third-order valence-corrected chi connectivity index (χ3v) is 3.65. The van der Waals surface area contributed by atoms with Gasteiger partial charge in [-0.2, -0.15) is 0 Å². The summed E-state index contributed by atoms with van der Waals surface area (Å²) in [7, 11) is -2.26. The van der Waals surface area contributed by atoms with Crippen molar-refractivity contribution in [3.05, 3.63) is 42.5 Å². The highest BCUT2D eigenvalue weighted by molar-refractivity contribution is 7.92. The van der Waals surface area contributed by atoms with Crippen LogP contribution >= 0.6 is 0 Å². The van der Waals surface area contributed by atoms with Gasteiger partial charge < -0.3 is 5.32 Å². The third kappa shape index (κ3) is 2.97. The van der Waals surface area contributed by atoms with Gasteiger partial charge >= 0.3 is 0 Å². The van der Waals surface area contributed by atoms with Crippen molar-refractivity contribution in [1.82, 2.24) is 9.97 Å². The van der Waals surface area contributed by atoms with Crippen LogP contribution in [0.1, 0.15) is 0 Å². The van der Waals surface area contributed by atoms with Gasteiger partial charge in [-0.1, -0.05) is 0 Å². The Hall–Kier alpha value is -2.22. The van der Waals surface area contributed by atoms with Crippen LogP contribution in [0, 0.1) is 5.82 Å². The predicted octanol–water partition coefficient (Wildman–Crippen LogP) is 1.46. The fourth-order valence-corrected chi connectivity index (χ4v) is 2.60. The van der Waals surface area contributed by atoms with E-state index in [4.69, 9.17) is 0 Å². The molecule has 0 saturated heterocycles. The van der Waals surface area contributed by atoms with Crippen LogP contribution in [0.5, 0.6) is 0 Å². The molecule has 0 bridgehead atoms. The summed E-state index contributed by atoms with van der Waals surface area (Å²) in [5, 5.41) is 2.69. The Morgan fingerprint density at radius 2 is 2.00 bits per heavy atom. The van der Waals surface area contributed by atoms with Gasteiger partial charge in [0.05, 0.1) is 6.20 Å². The number of hydrogen-bond donors (Lipinski definition) is 2. The second-order valence-corrected chi connectivity index (χ2v) is 5.22. The van der Waals surface area contributed by atoms with Crippen LogP contribution in [0.25, 0.3) is 0 Å². The molecule has 0 aromatic carbocycles. The Bertz CT molecular complexity index is 673. The Morgan fingerprint density at radius 1 is 1.21 bits per heavy atom. The number of sulfonamides is 1. The summed E-state index contributed by atoms with van der Waals surface area (Å²) >= 11 is 0. The number of hydrogen-bond acceptors (Lipinski definition) is 5. The fourth-order valence-electron chi connectivity index (χ4n) is 1.42. The normalized spacial score (nSPS) is 11.1. The summed E-state index contributed by atoms with van der Waals surface area (Å²) in [4.78, 5) is 7.54.